The van der Waals surface area contributed by atoms with E-state index in [1.165, 1.54) is 12.4 Å². The Morgan fingerprint density at radius 3 is 1.88 bits per heavy atom. The van der Waals surface area contributed by atoms with Gasteiger partial charge in [-0.15, -0.1) is 0 Å². The number of carbonyl (C=O) groups is 2. The standard InChI is InChI=1S/C18H22N2O5/c1-5-24-17(21)14-11(3)19-12(4)15(18(22)25-6-2)16(14)13-7-9-20(23)10-8-13/h7-10,16,19H,5-6H2,1-4H3. The molecule has 25 heavy (non-hydrogen) atoms. The molecule has 0 bridgehead atoms. The molecule has 0 radical (unpaired) electrons. The van der Waals surface area contributed by atoms with Crippen LogP contribution in [-0.2, 0) is 19.1 Å². The van der Waals surface area contributed by atoms with Gasteiger partial charge in [0.25, 0.3) is 0 Å². The maximum atomic E-state index is 12.5. The van der Waals surface area contributed by atoms with Crippen molar-refractivity contribution in [3.63, 3.8) is 0 Å². The lowest BCUT2D eigenvalue weighted by atomic mass is 9.81. The maximum absolute atomic E-state index is 12.5. The van der Waals surface area contributed by atoms with E-state index < -0.39 is 17.9 Å². The van der Waals surface area contributed by atoms with Gasteiger partial charge in [0.05, 0.1) is 30.3 Å². The number of nitrogens with one attached hydrogen (secondary N) is 1. The predicted molar refractivity (Wildman–Crippen MR) is 89.9 cm³/mol. The number of carbonyl (C=O) groups excluding carboxylic acids is 2. The van der Waals surface area contributed by atoms with Crippen LogP contribution in [0, 0.1) is 5.21 Å². The van der Waals surface area contributed by atoms with Crippen molar-refractivity contribution in [1.29, 1.82) is 0 Å². The number of aromatic nitrogens is 1. The van der Waals surface area contributed by atoms with Gasteiger partial charge in [-0.3, -0.25) is 0 Å². The van der Waals surface area contributed by atoms with Crippen molar-refractivity contribution in [2.75, 3.05) is 13.2 Å². The lowest BCUT2D eigenvalue weighted by molar-refractivity contribution is -0.605. The van der Waals surface area contributed by atoms with Gasteiger partial charge in [-0.25, -0.2) is 9.59 Å². The topological polar surface area (TPSA) is 91.6 Å². The first-order chi connectivity index (χ1) is 11.9. The second-order valence-electron chi connectivity index (χ2n) is 5.57. The maximum Gasteiger partial charge on any atom is 0.336 e. The fraction of sp³-hybridized carbons (Fsp3) is 0.389. The van der Waals surface area contributed by atoms with E-state index in [0.717, 1.165) is 0 Å². The van der Waals surface area contributed by atoms with Gasteiger partial charge in [0, 0.05) is 23.5 Å². The summed E-state index contributed by atoms with van der Waals surface area (Å²) in [5.41, 5.74) is 2.51. The minimum atomic E-state index is -0.666. The van der Waals surface area contributed by atoms with Crippen molar-refractivity contribution in [3.05, 3.63) is 57.8 Å². The molecule has 0 atom stereocenters. The molecule has 0 saturated carbocycles. The first kappa shape index (κ1) is 18.5. The molecule has 0 amide bonds. The molecule has 0 fully saturated rings. The molecule has 2 rings (SSSR count). The molecular weight excluding hydrogens is 324 g/mol. The van der Waals surface area contributed by atoms with Gasteiger partial charge in [-0.1, -0.05) is 0 Å². The second kappa shape index (κ2) is 7.83. The van der Waals surface area contributed by atoms with Gasteiger partial charge in [-0.05, 0) is 33.3 Å². The number of rotatable bonds is 5. The number of ether oxygens (including phenoxy) is 2. The zero-order valence-electron chi connectivity index (χ0n) is 14.8. The first-order valence-corrected chi connectivity index (χ1v) is 8.12. The SMILES string of the molecule is CCOC(=O)C1=C(C)NC(C)=C(C(=O)OCC)C1c1cc[n+]([O-])cc1. The molecule has 1 aromatic rings. The number of hydrogen-bond acceptors (Lipinski definition) is 6. The van der Waals surface area contributed by atoms with E-state index in [9.17, 15) is 14.8 Å². The van der Waals surface area contributed by atoms with Crippen LogP contribution in [0.4, 0.5) is 0 Å². The Labute approximate surface area is 146 Å². The Morgan fingerprint density at radius 2 is 1.48 bits per heavy atom. The average Bonchev–Trinajstić information content (AvgIpc) is 2.55. The smallest absolute Gasteiger partial charge is 0.336 e. The zero-order chi connectivity index (χ0) is 18.6. The van der Waals surface area contributed by atoms with E-state index in [0.29, 0.717) is 32.8 Å². The molecule has 2 heterocycles. The Morgan fingerprint density at radius 1 is 1.04 bits per heavy atom. The highest BCUT2D eigenvalue weighted by Crippen LogP contribution is 2.38. The van der Waals surface area contributed by atoms with Crippen LogP contribution in [0.2, 0.25) is 0 Å². The van der Waals surface area contributed by atoms with Crippen molar-refractivity contribution in [2.45, 2.75) is 33.6 Å². The summed E-state index contributed by atoms with van der Waals surface area (Å²) in [6.45, 7) is 7.37. The van der Waals surface area contributed by atoms with Crippen molar-refractivity contribution in [2.24, 2.45) is 0 Å². The highest BCUT2D eigenvalue weighted by Gasteiger charge is 2.38. The van der Waals surface area contributed by atoms with E-state index in [2.05, 4.69) is 5.32 Å². The van der Waals surface area contributed by atoms with E-state index in [-0.39, 0.29) is 13.2 Å². The van der Waals surface area contributed by atoms with Gasteiger partial charge in [0.2, 0.25) is 0 Å². The molecule has 7 heteroatoms. The summed E-state index contributed by atoms with van der Waals surface area (Å²) < 4.78 is 11.0. The van der Waals surface area contributed by atoms with Crippen LogP contribution < -0.4 is 10.0 Å². The zero-order valence-corrected chi connectivity index (χ0v) is 14.8. The van der Waals surface area contributed by atoms with Gasteiger partial charge in [0.1, 0.15) is 0 Å². The quantitative estimate of drug-likeness (QED) is 0.495. The Bertz CT molecular complexity index is 694. The molecule has 0 aliphatic carbocycles. The van der Waals surface area contributed by atoms with E-state index in [4.69, 9.17) is 9.47 Å². The van der Waals surface area contributed by atoms with Crippen LogP contribution in [0.5, 0.6) is 0 Å². The second-order valence-corrected chi connectivity index (χ2v) is 5.57. The summed E-state index contributed by atoms with van der Waals surface area (Å²) in [7, 11) is 0. The highest BCUT2D eigenvalue weighted by atomic mass is 16.5. The third kappa shape index (κ3) is 3.81. The van der Waals surface area contributed by atoms with Gasteiger partial charge in [-0.2, -0.15) is 4.73 Å². The molecule has 1 aromatic heterocycles. The van der Waals surface area contributed by atoms with E-state index >= 15 is 0 Å². The minimum absolute atomic E-state index is 0.217. The Hall–Kier alpha value is -2.83. The lowest BCUT2D eigenvalue weighted by Crippen LogP contribution is -2.33. The number of esters is 2. The largest absolute Gasteiger partial charge is 0.619 e. The molecule has 7 nitrogen and oxygen atoms in total. The summed E-state index contributed by atoms with van der Waals surface area (Å²) in [6.07, 6.45) is 2.65. The van der Waals surface area contributed by atoms with Crippen molar-refractivity contribution >= 4 is 11.9 Å². The monoisotopic (exact) mass is 346 g/mol. The van der Waals surface area contributed by atoms with Crippen LogP contribution in [-0.4, -0.2) is 25.2 Å². The third-order valence-corrected chi connectivity index (χ3v) is 3.91. The Kier molecular flexibility index (Phi) is 5.80. The molecular formula is C18H22N2O5. The molecule has 1 aliphatic rings. The molecule has 0 saturated heterocycles. The number of dihydropyridines is 1. The van der Waals surface area contributed by atoms with Crippen molar-refractivity contribution < 1.29 is 23.8 Å². The van der Waals surface area contributed by atoms with Crippen molar-refractivity contribution in [1.82, 2.24) is 5.32 Å². The summed E-state index contributed by atoms with van der Waals surface area (Å²) in [5.74, 6) is -1.68. The van der Waals surface area contributed by atoms with E-state index in [1.54, 1.807) is 39.8 Å². The van der Waals surface area contributed by atoms with Gasteiger partial charge >= 0.3 is 11.9 Å². The minimum Gasteiger partial charge on any atom is -0.619 e. The molecule has 134 valence electrons. The molecule has 0 aromatic carbocycles. The summed E-state index contributed by atoms with van der Waals surface area (Å²) in [5, 5.41) is 14.4. The summed E-state index contributed by atoms with van der Waals surface area (Å²) in [4.78, 5) is 25.1. The van der Waals surface area contributed by atoms with Gasteiger partial charge < -0.3 is 20.0 Å². The number of hydrogen-bond donors (Lipinski definition) is 1. The molecule has 0 unspecified atom stereocenters. The highest BCUT2D eigenvalue weighted by molar-refractivity contribution is 5.99. The van der Waals surface area contributed by atoms with Crippen LogP contribution in [0.3, 0.4) is 0 Å². The number of nitrogens with zero attached hydrogens (tertiary/aromatic N) is 1. The number of pyridine rings is 1. The van der Waals surface area contributed by atoms with Crippen molar-refractivity contribution in [3.8, 4) is 0 Å². The molecule has 1 N–H and O–H groups in total. The van der Waals surface area contributed by atoms with Crippen LogP contribution in [0.25, 0.3) is 0 Å². The first-order valence-electron chi connectivity index (χ1n) is 8.12. The van der Waals surface area contributed by atoms with E-state index in [1.807, 2.05) is 0 Å². The van der Waals surface area contributed by atoms with Crippen LogP contribution >= 0.6 is 0 Å². The third-order valence-electron chi connectivity index (χ3n) is 3.91. The van der Waals surface area contributed by atoms with Crippen LogP contribution in [0.15, 0.2) is 47.1 Å². The summed E-state index contributed by atoms with van der Waals surface area (Å²) >= 11 is 0. The fourth-order valence-corrected chi connectivity index (χ4v) is 2.90. The van der Waals surface area contributed by atoms with Crippen LogP contribution in [0.1, 0.15) is 39.2 Å². The average molecular weight is 346 g/mol. The molecule has 1 aliphatic heterocycles. The lowest BCUT2D eigenvalue weighted by Gasteiger charge is -2.30. The predicted octanol–water partition coefficient (Wildman–Crippen LogP) is 1.68. The number of allylic oxidation sites excluding steroid dienone is 2. The Balaban J connectivity index is 2.61. The summed E-state index contributed by atoms with van der Waals surface area (Å²) in [6, 6.07) is 3.17. The molecule has 0 spiro atoms. The normalized spacial score (nSPS) is 15.0. The fourth-order valence-electron chi connectivity index (χ4n) is 2.90. The van der Waals surface area contributed by atoms with Gasteiger partial charge in [0.15, 0.2) is 12.4 Å².